The van der Waals surface area contributed by atoms with E-state index in [9.17, 15) is 8.42 Å². The normalized spacial score (nSPS) is 14.8. The molecule has 0 saturated carbocycles. The number of nitrogens with zero attached hydrogens (tertiary/aromatic N) is 3. The predicted octanol–water partition coefficient (Wildman–Crippen LogP) is 4.25. The molecule has 0 spiro atoms. The number of aromatic nitrogens is 2. The third kappa shape index (κ3) is 4.86. The molecule has 1 aliphatic rings. The highest BCUT2D eigenvalue weighted by atomic mass is 32.2. The lowest BCUT2D eigenvalue weighted by atomic mass is 9.96. The second-order valence-electron chi connectivity index (χ2n) is 8.42. The van der Waals surface area contributed by atoms with Crippen molar-refractivity contribution < 1.29 is 22.1 Å². The lowest BCUT2D eigenvalue weighted by Crippen LogP contribution is -2.35. The van der Waals surface area contributed by atoms with Crippen molar-refractivity contribution in [3.8, 4) is 22.6 Å². The minimum atomic E-state index is -3.95. The van der Waals surface area contributed by atoms with Gasteiger partial charge < -0.3 is 13.7 Å². The Morgan fingerprint density at radius 3 is 2.57 bits per heavy atom. The maximum atomic E-state index is 13.5. The number of hydrogen-bond donors (Lipinski definition) is 1. The van der Waals surface area contributed by atoms with Crippen molar-refractivity contribution in [3.63, 3.8) is 0 Å². The van der Waals surface area contributed by atoms with E-state index in [1.165, 1.54) is 6.26 Å². The monoisotopic (exact) mass is 494 g/mol. The molecule has 5 rings (SSSR count). The van der Waals surface area contributed by atoms with E-state index in [0.717, 1.165) is 29.8 Å². The second-order valence-corrected chi connectivity index (χ2v) is 10.1. The van der Waals surface area contributed by atoms with Crippen LogP contribution in [0.25, 0.3) is 22.6 Å². The average Bonchev–Trinajstić information content (AvgIpc) is 3.51. The number of nitrogens with one attached hydrogen (secondary N) is 1. The minimum absolute atomic E-state index is 0.116. The van der Waals surface area contributed by atoms with Crippen LogP contribution in [0, 0.1) is 13.8 Å². The Labute approximate surface area is 203 Å². The Hall–Kier alpha value is -3.47. The molecule has 1 N–H and O–H groups in total. The third-order valence-electron chi connectivity index (χ3n) is 6.13. The van der Waals surface area contributed by atoms with E-state index < -0.39 is 10.0 Å². The number of anilines is 1. The van der Waals surface area contributed by atoms with Gasteiger partial charge in [0.05, 0.1) is 30.0 Å². The number of aryl methyl sites for hydroxylation is 1. The molecule has 9 nitrogen and oxygen atoms in total. The zero-order chi connectivity index (χ0) is 24.4. The number of hydrogen-bond acceptors (Lipinski definition) is 8. The van der Waals surface area contributed by atoms with Gasteiger partial charge in [0.25, 0.3) is 10.0 Å². The molecule has 0 aliphatic carbocycles. The van der Waals surface area contributed by atoms with E-state index in [4.69, 9.17) is 13.7 Å². The van der Waals surface area contributed by atoms with Crippen LogP contribution in [0.1, 0.15) is 16.8 Å². The number of morpholine rings is 1. The number of benzene rings is 2. The highest BCUT2D eigenvalue weighted by Crippen LogP contribution is 2.34. The third-order valence-corrected chi connectivity index (χ3v) is 7.52. The molecule has 2 aromatic carbocycles. The molecule has 1 fully saturated rings. The zero-order valence-corrected chi connectivity index (χ0v) is 20.3. The number of oxazole rings is 1. The van der Waals surface area contributed by atoms with Crippen molar-refractivity contribution >= 4 is 15.9 Å². The molecule has 4 aromatic rings. The smallest absolute Gasteiger partial charge is 0.264 e. The van der Waals surface area contributed by atoms with Gasteiger partial charge in [0.1, 0.15) is 6.26 Å². The molecule has 10 heteroatoms. The van der Waals surface area contributed by atoms with E-state index >= 15 is 0 Å². The summed E-state index contributed by atoms with van der Waals surface area (Å²) in [6.07, 6.45) is 3.14. The summed E-state index contributed by atoms with van der Waals surface area (Å²) in [4.78, 5) is 6.71. The van der Waals surface area contributed by atoms with Crippen LogP contribution >= 0.6 is 0 Å². The van der Waals surface area contributed by atoms with Gasteiger partial charge in [0.15, 0.2) is 0 Å². The summed E-state index contributed by atoms with van der Waals surface area (Å²) in [6, 6.07) is 12.8. The van der Waals surface area contributed by atoms with Gasteiger partial charge in [-0.1, -0.05) is 29.4 Å². The van der Waals surface area contributed by atoms with Gasteiger partial charge in [0.2, 0.25) is 11.8 Å². The molecule has 1 saturated heterocycles. The molecular weight excluding hydrogens is 468 g/mol. The topological polar surface area (TPSA) is 111 Å². The maximum Gasteiger partial charge on any atom is 0.264 e. The van der Waals surface area contributed by atoms with Crippen LogP contribution < -0.4 is 4.72 Å². The molecule has 0 bridgehead atoms. The van der Waals surface area contributed by atoms with Crippen LogP contribution in [0.2, 0.25) is 0 Å². The van der Waals surface area contributed by atoms with E-state index in [1.807, 2.05) is 30.3 Å². The number of sulfonamides is 1. The molecule has 0 amide bonds. The first-order valence-corrected chi connectivity index (χ1v) is 12.8. The summed E-state index contributed by atoms with van der Waals surface area (Å²) in [7, 11) is -3.95. The van der Waals surface area contributed by atoms with E-state index in [0.29, 0.717) is 42.5 Å². The van der Waals surface area contributed by atoms with Gasteiger partial charge >= 0.3 is 0 Å². The molecule has 0 atom stereocenters. The second kappa shape index (κ2) is 9.65. The van der Waals surface area contributed by atoms with Crippen molar-refractivity contribution in [2.45, 2.75) is 25.3 Å². The van der Waals surface area contributed by atoms with Crippen LogP contribution in [-0.2, 0) is 21.3 Å². The van der Waals surface area contributed by atoms with Crippen LogP contribution in [0.15, 0.2) is 68.8 Å². The molecular formula is C25H26N4O5S. The Balaban J connectivity index is 1.58. The SMILES string of the molecule is Cc1noc(NS(=O)(=O)c2ccccc2-c2ccc(-c3ncco3)cc2CN2CCOCC2)c1C. The van der Waals surface area contributed by atoms with Crippen LogP contribution in [0.4, 0.5) is 5.88 Å². The fourth-order valence-corrected chi connectivity index (χ4v) is 5.37. The van der Waals surface area contributed by atoms with Gasteiger partial charge in [-0.15, -0.1) is 0 Å². The summed E-state index contributed by atoms with van der Waals surface area (Å²) < 4.78 is 45.7. The standard InChI is InChI=1S/C25H26N4O5S/c1-17-18(2)27-34-24(17)28-35(30,31)23-6-4-3-5-22(23)21-8-7-19(25-26-9-12-33-25)15-20(21)16-29-10-13-32-14-11-29/h3-9,12,15,28H,10-11,13-14,16H2,1-2H3. The van der Waals surface area contributed by atoms with Gasteiger partial charge in [0, 0.05) is 36.3 Å². The van der Waals surface area contributed by atoms with Gasteiger partial charge in [-0.25, -0.2) is 18.1 Å². The molecule has 3 heterocycles. The molecule has 35 heavy (non-hydrogen) atoms. The maximum absolute atomic E-state index is 13.5. The molecule has 0 radical (unpaired) electrons. The van der Waals surface area contributed by atoms with Gasteiger partial charge in [-0.05, 0) is 43.2 Å². The highest BCUT2D eigenvalue weighted by molar-refractivity contribution is 7.92. The van der Waals surface area contributed by atoms with Crippen LogP contribution in [-0.4, -0.2) is 49.8 Å². The Morgan fingerprint density at radius 2 is 1.86 bits per heavy atom. The molecule has 2 aromatic heterocycles. The summed E-state index contributed by atoms with van der Waals surface area (Å²) >= 11 is 0. The summed E-state index contributed by atoms with van der Waals surface area (Å²) in [5.41, 5.74) is 4.49. The van der Waals surface area contributed by atoms with Crippen molar-refractivity contribution in [2.75, 3.05) is 31.0 Å². The predicted molar refractivity (Wildman–Crippen MR) is 130 cm³/mol. The van der Waals surface area contributed by atoms with Crippen LogP contribution in [0.5, 0.6) is 0 Å². The highest BCUT2D eigenvalue weighted by Gasteiger charge is 2.24. The van der Waals surface area contributed by atoms with Crippen molar-refractivity contribution in [2.24, 2.45) is 0 Å². The zero-order valence-electron chi connectivity index (χ0n) is 19.5. The summed E-state index contributed by atoms with van der Waals surface area (Å²) in [6.45, 7) is 7.09. The average molecular weight is 495 g/mol. The number of rotatable bonds is 7. The largest absolute Gasteiger partial charge is 0.445 e. The Kier molecular flexibility index (Phi) is 6.42. The molecule has 182 valence electrons. The van der Waals surface area contributed by atoms with E-state index in [-0.39, 0.29) is 10.8 Å². The quantitative estimate of drug-likeness (QED) is 0.406. The first-order chi connectivity index (χ1) is 16.9. The fraction of sp³-hybridized carbons (Fsp3) is 0.280. The fourth-order valence-electron chi connectivity index (χ4n) is 4.10. The van der Waals surface area contributed by atoms with Gasteiger partial charge in [-0.3, -0.25) is 4.90 Å². The summed E-state index contributed by atoms with van der Waals surface area (Å²) in [5, 5.41) is 3.86. The Morgan fingerprint density at radius 1 is 1.06 bits per heavy atom. The first-order valence-electron chi connectivity index (χ1n) is 11.3. The van der Waals surface area contributed by atoms with E-state index in [2.05, 4.69) is 19.8 Å². The van der Waals surface area contributed by atoms with Crippen LogP contribution in [0.3, 0.4) is 0 Å². The lowest BCUT2D eigenvalue weighted by Gasteiger charge is -2.28. The first kappa shape index (κ1) is 23.3. The molecule has 0 unspecified atom stereocenters. The van der Waals surface area contributed by atoms with Gasteiger partial charge in [-0.2, -0.15) is 0 Å². The van der Waals surface area contributed by atoms with Crippen molar-refractivity contribution in [1.29, 1.82) is 0 Å². The van der Waals surface area contributed by atoms with E-state index in [1.54, 1.807) is 32.2 Å². The lowest BCUT2D eigenvalue weighted by molar-refractivity contribution is 0.0342. The summed E-state index contributed by atoms with van der Waals surface area (Å²) in [5.74, 6) is 0.628. The minimum Gasteiger partial charge on any atom is -0.445 e. The number of ether oxygens (including phenoxy) is 1. The molecule has 1 aliphatic heterocycles. The van der Waals surface area contributed by atoms with Crippen molar-refractivity contribution in [3.05, 3.63) is 71.7 Å². The Bertz CT molecular complexity index is 1420. The van der Waals surface area contributed by atoms with Crippen molar-refractivity contribution in [1.82, 2.24) is 15.0 Å².